The van der Waals surface area contributed by atoms with Crippen molar-refractivity contribution in [1.82, 2.24) is 14.7 Å². The third kappa shape index (κ3) is 3.02. The molecule has 1 rings (SSSR count). The van der Waals surface area contributed by atoms with Crippen LogP contribution >= 0.6 is 0 Å². The van der Waals surface area contributed by atoms with Crippen molar-refractivity contribution in [2.24, 2.45) is 0 Å². The minimum atomic E-state index is -0.0569. The predicted octanol–water partition coefficient (Wildman–Crippen LogP) is -0.0530. The monoisotopic (exact) mass is 206 g/mol. The molecule has 5 heteroatoms. The maximum Gasteiger partial charge on any atom is 0.245 e. The number of nitrogens with two attached hydrogens (primary N) is 1. The van der Waals surface area contributed by atoms with Gasteiger partial charge in [-0.1, -0.05) is 5.92 Å². The van der Waals surface area contributed by atoms with Gasteiger partial charge >= 0.3 is 0 Å². The first-order valence-corrected chi connectivity index (χ1v) is 4.67. The second kappa shape index (κ2) is 5.05. The summed E-state index contributed by atoms with van der Waals surface area (Å²) in [6.07, 6.45) is 6.82. The predicted molar refractivity (Wildman–Crippen MR) is 57.7 cm³/mol. The van der Waals surface area contributed by atoms with E-state index in [-0.39, 0.29) is 12.5 Å². The number of carbonyl (C=O) groups excluding carboxylic acids is 1. The highest BCUT2D eigenvalue weighted by molar-refractivity contribution is 5.76. The molecule has 0 aliphatic heterocycles. The Morgan fingerprint density at radius 2 is 2.53 bits per heavy atom. The number of carbonyl (C=O) groups is 1. The molecule has 0 aliphatic carbocycles. The van der Waals surface area contributed by atoms with Crippen LogP contribution in [0.5, 0.6) is 0 Å². The SMILES string of the molecule is C#CCN(CC)C(=O)Cn1ccc(N)n1. The quantitative estimate of drug-likeness (QED) is 0.702. The minimum Gasteiger partial charge on any atom is -0.382 e. The lowest BCUT2D eigenvalue weighted by molar-refractivity contribution is -0.131. The van der Waals surface area contributed by atoms with Crippen LogP contribution in [0.25, 0.3) is 0 Å². The number of amides is 1. The first-order valence-electron chi connectivity index (χ1n) is 4.67. The van der Waals surface area contributed by atoms with Gasteiger partial charge in [0.1, 0.15) is 12.4 Å². The topological polar surface area (TPSA) is 64.2 Å². The average molecular weight is 206 g/mol. The molecule has 0 saturated heterocycles. The number of hydrogen-bond donors (Lipinski definition) is 1. The van der Waals surface area contributed by atoms with Gasteiger partial charge in [0, 0.05) is 12.7 Å². The summed E-state index contributed by atoms with van der Waals surface area (Å²) in [7, 11) is 0. The largest absolute Gasteiger partial charge is 0.382 e. The van der Waals surface area contributed by atoms with Gasteiger partial charge in [0.2, 0.25) is 5.91 Å². The van der Waals surface area contributed by atoms with Crippen molar-refractivity contribution >= 4 is 11.7 Å². The van der Waals surface area contributed by atoms with Gasteiger partial charge in [0.05, 0.1) is 6.54 Å². The summed E-state index contributed by atoms with van der Waals surface area (Å²) in [6, 6.07) is 1.64. The number of rotatable bonds is 4. The summed E-state index contributed by atoms with van der Waals surface area (Å²) in [5.41, 5.74) is 5.43. The van der Waals surface area contributed by atoms with Gasteiger partial charge in [-0.25, -0.2) is 0 Å². The Morgan fingerprint density at radius 3 is 3.00 bits per heavy atom. The van der Waals surface area contributed by atoms with E-state index in [2.05, 4.69) is 11.0 Å². The molecule has 0 fully saturated rings. The zero-order valence-electron chi connectivity index (χ0n) is 8.68. The Morgan fingerprint density at radius 1 is 1.80 bits per heavy atom. The minimum absolute atomic E-state index is 0.0569. The molecule has 0 aliphatic rings. The van der Waals surface area contributed by atoms with Crippen LogP contribution < -0.4 is 5.73 Å². The van der Waals surface area contributed by atoms with E-state index in [1.807, 2.05) is 6.92 Å². The van der Waals surface area contributed by atoms with Gasteiger partial charge < -0.3 is 10.6 Å². The molecule has 1 heterocycles. The molecule has 2 N–H and O–H groups in total. The molecule has 0 spiro atoms. The van der Waals surface area contributed by atoms with Gasteiger partial charge in [-0.15, -0.1) is 6.42 Å². The van der Waals surface area contributed by atoms with Crippen molar-refractivity contribution in [3.05, 3.63) is 12.3 Å². The summed E-state index contributed by atoms with van der Waals surface area (Å²) in [4.78, 5) is 13.3. The van der Waals surface area contributed by atoms with Crippen molar-refractivity contribution in [3.63, 3.8) is 0 Å². The van der Waals surface area contributed by atoms with Crippen molar-refractivity contribution in [1.29, 1.82) is 0 Å². The molecule has 0 aromatic carbocycles. The van der Waals surface area contributed by atoms with Crippen LogP contribution in [0.4, 0.5) is 5.82 Å². The van der Waals surface area contributed by atoms with E-state index >= 15 is 0 Å². The number of terminal acetylenes is 1. The molecule has 5 nitrogen and oxygen atoms in total. The van der Waals surface area contributed by atoms with E-state index in [0.717, 1.165) is 0 Å². The highest BCUT2D eigenvalue weighted by Crippen LogP contribution is 1.98. The number of aromatic nitrogens is 2. The molecule has 1 amide bonds. The molecule has 80 valence electrons. The van der Waals surface area contributed by atoms with Crippen molar-refractivity contribution in [2.45, 2.75) is 13.5 Å². The number of nitrogens with zero attached hydrogens (tertiary/aromatic N) is 3. The number of hydrogen-bond acceptors (Lipinski definition) is 3. The summed E-state index contributed by atoms with van der Waals surface area (Å²) in [5, 5.41) is 3.92. The maximum atomic E-state index is 11.7. The Hall–Kier alpha value is -1.96. The Balaban J connectivity index is 2.58. The zero-order valence-corrected chi connectivity index (χ0v) is 8.68. The lowest BCUT2D eigenvalue weighted by Gasteiger charge is -2.17. The summed E-state index contributed by atoms with van der Waals surface area (Å²) < 4.78 is 1.50. The van der Waals surface area contributed by atoms with Gasteiger partial charge in [0.25, 0.3) is 0 Å². The van der Waals surface area contributed by atoms with Crippen molar-refractivity contribution < 1.29 is 4.79 Å². The van der Waals surface area contributed by atoms with Crippen LogP contribution in [-0.2, 0) is 11.3 Å². The van der Waals surface area contributed by atoms with Gasteiger partial charge in [0.15, 0.2) is 0 Å². The summed E-state index contributed by atoms with van der Waals surface area (Å²) >= 11 is 0. The van der Waals surface area contributed by atoms with Crippen LogP contribution in [-0.4, -0.2) is 33.7 Å². The third-order valence-corrected chi connectivity index (χ3v) is 1.98. The molecule has 1 aromatic rings. The van der Waals surface area contributed by atoms with Crippen molar-refractivity contribution in [3.8, 4) is 12.3 Å². The number of nitrogen functional groups attached to an aromatic ring is 1. The highest BCUT2D eigenvalue weighted by atomic mass is 16.2. The average Bonchev–Trinajstić information content (AvgIpc) is 2.60. The first kappa shape index (κ1) is 11.1. The van der Waals surface area contributed by atoms with Crippen LogP contribution in [0.3, 0.4) is 0 Å². The molecule has 0 saturated carbocycles. The van der Waals surface area contributed by atoms with Crippen LogP contribution in [0.15, 0.2) is 12.3 Å². The Kier molecular flexibility index (Phi) is 3.75. The summed E-state index contributed by atoms with van der Waals surface area (Å²) in [5.74, 6) is 2.79. The Labute approximate surface area is 88.9 Å². The fourth-order valence-electron chi connectivity index (χ4n) is 1.19. The lowest BCUT2D eigenvalue weighted by Crippen LogP contribution is -2.34. The molecule has 0 radical (unpaired) electrons. The second-order valence-electron chi connectivity index (χ2n) is 3.05. The number of likely N-dealkylation sites (N-methyl/N-ethyl adjacent to an activating group) is 1. The van der Waals surface area contributed by atoms with Crippen molar-refractivity contribution in [2.75, 3.05) is 18.8 Å². The molecule has 0 bridgehead atoms. The van der Waals surface area contributed by atoms with Gasteiger partial charge in [-0.3, -0.25) is 9.48 Å². The van der Waals surface area contributed by atoms with E-state index in [9.17, 15) is 4.79 Å². The normalized spacial score (nSPS) is 9.60. The van der Waals surface area contributed by atoms with E-state index in [4.69, 9.17) is 12.2 Å². The smallest absolute Gasteiger partial charge is 0.245 e. The lowest BCUT2D eigenvalue weighted by atomic mass is 10.4. The fourth-order valence-corrected chi connectivity index (χ4v) is 1.19. The number of anilines is 1. The maximum absolute atomic E-state index is 11.7. The fraction of sp³-hybridized carbons (Fsp3) is 0.400. The summed E-state index contributed by atoms with van der Waals surface area (Å²) in [6.45, 7) is 2.98. The van der Waals surface area contributed by atoms with Crippen LogP contribution in [0, 0.1) is 12.3 Å². The van der Waals surface area contributed by atoms with Gasteiger partial charge in [-0.05, 0) is 13.0 Å². The standard InChI is InChI=1S/C10H14N4O/c1-3-6-13(4-2)10(15)8-14-7-5-9(11)12-14/h1,5,7H,4,6,8H2,2H3,(H2,11,12). The Bertz CT molecular complexity index is 377. The molecular formula is C10H14N4O. The van der Waals surface area contributed by atoms with Crippen LogP contribution in [0.2, 0.25) is 0 Å². The zero-order chi connectivity index (χ0) is 11.3. The molecule has 1 aromatic heterocycles. The first-order chi connectivity index (χ1) is 7.17. The molecule has 15 heavy (non-hydrogen) atoms. The van der Waals surface area contributed by atoms with Gasteiger partial charge in [-0.2, -0.15) is 5.10 Å². The van der Waals surface area contributed by atoms with E-state index in [1.54, 1.807) is 17.2 Å². The molecular weight excluding hydrogens is 192 g/mol. The molecule has 0 unspecified atom stereocenters. The highest BCUT2D eigenvalue weighted by Gasteiger charge is 2.11. The third-order valence-electron chi connectivity index (χ3n) is 1.98. The van der Waals surface area contributed by atoms with Crippen LogP contribution in [0.1, 0.15) is 6.92 Å². The second-order valence-corrected chi connectivity index (χ2v) is 3.05. The van der Waals surface area contributed by atoms with E-state index in [1.165, 1.54) is 4.68 Å². The van der Waals surface area contributed by atoms with E-state index in [0.29, 0.717) is 18.9 Å². The van der Waals surface area contributed by atoms with E-state index < -0.39 is 0 Å². The molecule has 0 atom stereocenters.